The van der Waals surface area contributed by atoms with E-state index in [0.29, 0.717) is 11.3 Å². The third kappa shape index (κ3) is 2.42. The molecule has 0 spiro atoms. The molecule has 2 N–H and O–H groups in total. The first-order valence-electron chi connectivity index (χ1n) is 6.00. The number of H-pyrrole nitrogens is 1. The van der Waals surface area contributed by atoms with Crippen LogP contribution in [0.25, 0.3) is 10.9 Å². The van der Waals surface area contributed by atoms with Gasteiger partial charge in [0.2, 0.25) is 0 Å². The molecule has 6 heteroatoms. The molecule has 0 bridgehead atoms. The van der Waals surface area contributed by atoms with Crippen molar-refractivity contribution in [2.24, 2.45) is 0 Å². The molecule has 0 unspecified atom stereocenters. The van der Waals surface area contributed by atoms with Crippen molar-refractivity contribution in [2.45, 2.75) is 6.92 Å². The summed E-state index contributed by atoms with van der Waals surface area (Å²) >= 11 is 3.33. The Morgan fingerprint density at radius 3 is 2.95 bits per heavy atom. The Bertz CT molecular complexity index is 797. The lowest BCUT2D eigenvalue weighted by atomic mass is 10.1. The number of nitrogens with zero attached hydrogens (tertiary/aromatic N) is 2. The van der Waals surface area contributed by atoms with Crippen LogP contribution >= 0.6 is 15.9 Å². The topological polar surface area (TPSA) is 70.7 Å². The van der Waals surface area contributed by atoms with Crippen LogP contribution in [0, 0.1) is 6.92 Å². The number of carbonyl (C=O) groups excluding carboxylic acids is 1. The molecule has 0 radical (unpaired) electrons. The second-order valence-electron chi connectivity index (χ2n) is 4.46. The van der Waals surface area contributed by atoms with Crippen LogP contribution in [-0.2, 0) is 0 Å². The maximum Gasteiger partial charge on any atom is 0.255 e. The van der Waals surface area contributed by atoms with Gasteiger partial charge in [0.05, 0.1) is 23.6 Å². The molecule has 0 aliphatic carbocycles. The lowest BCUT2D eigenvalue weighted by Crippen LogP contribution is -2.12. The molecule has 100 valence electrons. The minimum Gasteiger partial charge on any atom is -0.321 e. The number of hydrogen-bond donors (Lipinski definition) is 2. The first-order chi connectivity index (χ1) is 9.63. The van der Waals surface area contributed by atoms with E-state index in [0.717, 1.165) is 21.1 Å². The number of aryl methyl sites for hydroxylation is 1. The van der Waals surface area contributed by atoms with Crippen molar-refractivity contribution in [3.63, 3.8) is 0 Å². The van der Waals surface area contributed by atoms with E-state index in [1.54, 1.807) is 24.5 Å². The van der Waals surface area contributed by atoms with Crippen LogP contribution in [-0.4, -0.2) is 21.1 Å². The van der Waals surface area contributed by atoms with E-state index in [9.17, 15) is 4.79 Å². The average molecular weight is 331 g/mol. The zero-order valence-electron chi connectivity index (χ0n) is 10.6. The predicted octanol–water partition coefficient (Wildman–Crippen LogP) is 3.28. The lowest BCUT2D eigenvalue weighted by molar-refractivity contribution is 0.102. The van der Waals surface area contributed by atoms with Gasteiger partial charge in [-0.25, -0.2) is 4.98 Å². The molecule has 3 rings (SSSR count). The highest BCUT2D eigenvalue weighted by Gasteiger charge is 2.08. The number of pyridine rings is 1. The molecule has 0 saturated carbocycles. The smallest absolute Gasteiger partial charge is 0.255 e. The van der Waals surface area contributed by atoms with Gasteiger partial charge < -0.3 is 5.32 Å². The quantitative estimate of drug-likeness (QED) is 0.708. The standard InChI is InChI=1S/C14H11BrN4O/c1-8-4-11(7-16-13(8)15)18-14(20)9-2-3-10-6-17-19-12(10)5-9/h2-7H,1H3,(H,17,19)(H,18,20). The summed E-state index contributed by atoms with van der Waals surface area (Å²) < 4.78 is 0.773. The van der Waals surface area contributed by atoms with E-state index in [1.807, 2.05) is 19.1 Å². The molecular weight excluding hydrogens is 320 g/mol. The fourth-order valence-corrected chi connectivity index (χ4v) is 2.12. The van der Waals surface area contributed by atoms with Gasteiger partial charge >= 0.3 is 0 Å². The van der Waals surface area contributed by atoms with Crippen molar-refractivity contribution in [3.05, 3.63) is 52.4 Å². The van der Waals surface area contributed by atoms with Crippen molar-refractivity contribution in [1.82, 2.24) is 15.2 Å². The third-order valence-electron chi connectivity index (χ3n) is 2.98. The number of benzene rings is 1. The molecule has 0 fully saturated rings. The Labute approximate surface area is 123 Å². The van der Waals surface area contributed by atoms with Gasteiger partial charge in [0.1, 0.15) is 4.60 Å². The fraction of sp³-hybridized carbons (Fsp3) is 0.0714. The van der Waals surface area contributed by atoms with Gasteiger partial charge in [-0.15, -0.1) is 0 Å². The molecule has 3 aromatic rings. The van der Waals surface area contributed by atoms with Gasteiger partial charge in [-0.2, -0.15) is 5.10 Å². The van der Waals surface area contributed by atoms with Gasteiger partial charge in [0.15, 0.2) is 0 Å². The Morgan fingerprint density at radius 1 is 1.30 bits per heavy atom. The van der Waals surface area contributed by atoms with Crippen molar-refractivity contribution < 1.29 is 4.79 Å². The number of aromatic amines is 1. The molecule has 0 aliphatic rings. The van der Waals surface area contributed by atoms with Crippen molar-refractivity contribution in [1.29, 1.82) is 0 Å². The third-order valence-corrected chi connectivity index (χ3v) is 3.81. The van der Waals surface area contributed by atoms with Crippen molar-refractivity contribution in [2.75, 3.05) is 5.32 Å². The molecule has 0 atom stereocenters. The monoisotopic (exact) mass is 330 g/mol. The van der Waals surface area contributed by atoms with Gasteiger partial charge in [-0.05, 0) is 46.6 Å². The van der Waals surface area contributed by atoms with Gasteiger partial charge in [0, 0.05) is 10.9 Å². The van der Waals surface area contributed by atoms with E-state index < -0.39 is 0 Å². The minimum atomic E-state index is -0.176. The summed E-state index contributed by atoms with van der Waals surface area (Å²) in [7, 11) is 0. The van der Waals surface area contributed by atoms with Crippen LogP contribution in [0.2, 0.25) is 0 Å². The Hall–Kier alpha value is -2.21. The lowest BCUT2D eigenvalue weighted by Gasteiger charge is -2.06. The number of hydrogen-bond acceptors (Lipinski definition) is 3. The molecule has 2 aromatic heterocycles. The number of fused-ring (bicyclic) bond motifs is 1. The molecule has 1 amide bonds. The number of carbonyl (C=O) groups is 1. The van der Waals surface area contributed by atoms with E-state index >= 15 is 0 Å². The summed E-state index contributed by atoms with van der Waals surface area (Å²) in [6.45, 7) is 1.92. The first-order valence-corrected chi connectivity index (χ1v) is 6.79. The number of aromatic nitrogens is 3. The fourth-order valence-electron chi connectivity index (χ4n) is 1.91. The Kier molecular flexibility index (Phi) is 3.23. The molecule has 1 aromatic carbocycles. The Morgan fingerprint density at radius 2 is 2.15 bits per heavy atom. The number of amides is 1. The van der Waals surface area contributed by atoms with Crippen LogP contribution in [0.5, 0.6) is 0 Å². The number of anilines is 1. The summed E-state index contributed by atoms with van der Waals surface area (Å²) in [6.07, 6.45) is 3.34. The zero-order valence-corrected chi connectivity index (χ0v) is 12.2. The van der Waals surface area contributed by atoms with E-state index in [2.05, 4.69) is 36.4 Å². The maximum absolute atomic E-state index is 12.2. The average Bonchev–Trinajstić information content (AvgIpc) is 2.90. The van der Waals surface area contributed by atoms with E-state index in [1.165, 1.54) is 0 Å². The number of nitrogens with one attached hydrogen (secondary N) is 2. The summed E-state index contributed by atoms with van der Waals surface area (Å²) in [5.74, 6) is -0.176. The van der Waals surface area contributed by atoms with Gasteiger partial charge in [-0.3, -0.25) is 9.89 Å². The highest BCUT2D eigenvalue weighted by atomic mass is 79.9. The molecule has 5 nitrogen and oxygen atoms in total. The first kappa shape index (κ1) is 12.8. The summed E-state index contributed by atoms with van der Waals surface area (Å²) in [5.41, 5.74) is 3.04. The van der Waals surface area contributed by atoms with Crippen LogP contribution in [0.3, 0.4) is 0 Å². The molecule has 2 heterocycles. The van der Waals surface area contributed by atoms with Crippen molar-refractivity contribution in [3.8, 4) is 0 Å². The summed E-state index contributed by atoms with van der Waals surface area (Å²) in [5, 5.41) is 10.6. The highest BCUT2D eigenvalue weighted by Crippen LogP contribution is 2.18. The zero-order chi connectivity index (χ0) is 14.1. The van der Waals surface area contributed by atoms with Gasteiger partial charge in [0.25, 0.3) is 5.91 Å². The largest absolute Gasteiger partial charge is 0.321 e. The van der Waals surface area contributed by atoms with E-state index in [-0.39, 0.29) is 5.91 Å². The number of rotatable bonds is 2. The van der Waals surface area contributed by atoms with Crippen LogP contribution in [0.1, 0.15) is 15.9 Å². The minimum absolute atomic E-state index is 0.176. The SMILES string of the molecule is Cc1cc(NC(=O)c2ccc3cn[nH]c3c2)cnc1Br. The summed E-state index contributed by atoms with van der Waals surface area (Å²) in [6, 6.07) is 7.27. The van der Waals surface area contributed by atoms with E-state index in [4.69, 9.17) is 0 Å². The van der Waals surface area contributed by atoms with Crippen LogP contribution < -0.4 is 5.32 Å². The second-order valence-corrected chi connectivity index (χ2v) is 5.21. The Balaban J connectivity index is 1.86. The second kappa shape index (κ2) is 5.05. The van der Waals surface area contributed by atoms with Crippen LogP contribution in [0.4, 0.5) is 5.69 Å². The normalized spacial score (nSPS) is 10.7. The number of halogens is 1. The highest BCUT2D eigenvalue weighted by molar-refractivity contribution is 9.10. The maximum atomic E-state index is 12.2. The molecular formula is C14H11BrN4O. The van der Waals surface area contributed by atoms with Crippen LogP contribution in [0.15, 0.2) is 41.3 Å². The van der Waals surface area contributed by atoms with Gasteiger partial charge in [-0.1, -0.05) is 6.07 Å². The predicted molar refractivity (Wildman–Crippen MR) is 80.7 cm³/mol. The molecule has 0 saturated heterocycles. The molecule has 20 heavy (non-hydrogen) atoms. The molecule has 0 aliphatic heterocycles. The van der Waals surface area contributed by atoms with Crippen molar-refractivity contribution >= 4 is 38.4 Å². The summed E-state index contributed by atoms with van der Waals surface area (Å²) in [4.78, 5) is 16.3.